The van der Waals surface area contributed by atoms with E-state index in [1.165, 1.54) is 12.7 Å². The van der Waals surface area contributed by atoms with Crippen molar-refractivity contribution in [3.8, 4) is 5.75 Å². The first kappa shape index (κ1) is 9.83. The molecule has 0 atom stereocenters. The molecule has 0 fully saturated rings. The van der Waals surface area contributed by atoms with Crippen molar-refractivity contribution in [2.75, 3.05) is 13.7 Å². The molecule has 80 valence electrons. The highest BCUT2D eigenvalue weighted by Gasteiger charge is 2.20. The van der Waals surface area contributed by atoms with E-state index in [0.29, 0.717) is 13.1 Å². The summed E-state index contributed by atoms with van der Waals surface area (Å²) in [5.41, 5.74) is 2.18. The quantitative estimate of drug-likeness (QED) is 0.701. The molecule has 0 saturated heterocycles. The molecule has 0 saturated carbocycles. The van der Waals surface area contributed by atoms with E-state index < -0.39 is 0 Å². The number of benzene rings is 1. The number of carbonyl (C=O) groups excluding carboxylic acids is 1. The molecule has 1 aliphatic rings. The second-order valence-corrected chi connectivity index (χ2v) is 3.59. The highest BCUT2D eigenvalue weighted by atomic mass is 16.5. The Balaban J connectivity index is 2.22. The van der Waals surface area contributed by atoms with Crippen molar-refractivity contribution in [1.82, 2.24) is 4.90 Å². The Morgan fingerprint density at radius 1 is 1.47 bits per heavy atom. The number of carbonyl (C=O) groups is 1. The summed E-state index contributed by atoms with van der Waals surface area (Å²) < 4.78 is 4.66. The Kier molecular flexibility index (Phi) is 2.49. The number of nitrogens with zero attached hydrogens (tertiary/aromatic N) is 1. The fourth-order valence-electron chi connectivity index (χ4n) is 1.83. The Hall–Kier alpha value is -1.71. The maximum Gasteiger partial charge on any atom is 0.409 e. The zero-order valence-corrected chi connectivity index (χ0v) is 8.56. The van der Waals surface area contributed by atoms with Crippen LogP contribution in [-0.2, 0) is 17.7 Å². The number of fused-ring (bicyclic) bond motifs is 1. The predicted molar refractivity (Wildman–Crippen MR) is 54.6 cm³/mol. The minimum Gasteiger partial charge on any atom is -0.508 e. The minimum atomic E-state index is -0.316. The second kappa shape index (κ2) is 3.81. The van der Waals surface area contributed by atoms with Gasteiger partial charge in [-0.2, -0.15) is 0 Å². The van der Waals surface area contributed by atoms with Crippen LogP contribution < -0.4 is 0 Å². The normalized spacial score (nSPS) is 14.6. The van der Waals surface area contributed by atoms with Crippen LogP contribution in [0, 0.1) is 0 Å². The molecule has 1 heterocycles. The van der Waals surface area contributed by atoms with Crippen LogP contribution in [0.2, 0.25) is 0 Å². The lowest BCUT2D eigenvalue weighted by Gasteiger charge is -2.27. The number of aromatic hydroxyl groups is 1. The van der Waals surface area contributed by atoms with E-state index in [1.807, 2.05) is 6.07 Å². The lowest BCUT2D eigenvalue weighted by Crippen LogP contribution is -2.35. The summed E-state index contributed by atoms with van der Waals surface area (Å²) in [4.78, 5) is 12.9. The van der Waals surface area contributed by atoms with E-state index in [1.54, 1.807) is 17.0 Å². The van der Waals surface area contributed by atoms with Crippen LogP contribution in [0.3, 0.4) is 0 Å². The number of phenolic OH excluding ortho intramolecular Hbond substituents is 1. The van der Waals surface area contributed by atoms with E-state index in [2.05, 4.69) is 4.74 Å². The number of ether oxygens (including phenoxy) is 1. The summed E-state index contributed by atoms with van der Waals surface area (Å²) in [6.07, 6.45) is 0.494. The van der Waals surface area contributed by atoms with Gasteiger partial charge in [0.05, 0.1) is 7.11 Å². The van der Waals surface area contributed by atoms with Crippen LogP contribution >= 0.6 is 0 Å². The number of methoxy groups -OCH3 is 1. The molecular formula is C11H13NO3. The molecule has 1 aromatic carbocycles. The monoisotopic (exact) mass is 207 g/mol. The Bertz CT molecular complexity index is 389. The van der Waals surface area contributed by atoms with Gasteiger partial charge in [-0.05, 0) is 29.7 Å². The van der Waals surface area contributed by atoms with E-state index in [9.17, 15) is 9.90 Å². The van der Waals surface area contributed by atoms with Gasteiger partial charge in [-0.25, -0.2) is 4.79 Å². The molecular weight excluding hydrogens is 194 g/mol. The topological polar surface area (TPSA) is 49.8 Å². The van der Waals surface area contributed by atoms with Gasteiger partial charge < -0.3 is 14.7 Å². The maximum absolute atomic E-state index is 11.3. The number of hydrogen-bond acceptors (Lipinski definition) is 3. The molecule has 0 bridgehead atoms. The van der Waals surface area contributed by atoms with Crippen LogP contribution in [0.25, 0.3) is 0 Å². The fourth-order valence-corrected chi connectivity index (χ4v) is 1.83. The molecule has 1 N–H and O–H groups in total. The Labute approximate surface area is 88.1 Å². The van der Waals surface area contributed by atoms with Crippen LogP contribution in [0.4, 0.5) is 4.79 Å². The van der Waals surface area contributed by atoms with Gasteiger partial charge in [0.25, 0.3) is 0 Å². The zero-order valence-electron chi connectivity index (χ0n) is 8.56. The second-order valence-electron chi connectivity index (χ2n) is 3.59. The Morgan fingerprint density at radius 2 is 2.27 bits per heavy atom. The number of phenols is 1. The molecule has 0 aliphatic carbocycles. The molecule has 0 spiro atoms. The standard InChI is InChI=1S/C11H13NO3/c1-15-11(14)12-5-4-8-2-3-10(13)6-9(8)7-12/h2-3,6,13H,4-5,7H2,1H3. The van der Waals surface area contributed by atoms with Gasteiger partial charge in [0.2, 0.25) is 0 Å². The van der Waals surface area contributed by atoms with E-state index >= 15 is 0 Å². The molecule has 0 unspecified atom stereocenters. The Morgan fingerprint density at radius 3 is 3.00 bits per heavy atom. The number of hydrogen-bond donors (Lipinski definition) is 1. The average molecular weight is 207 g/mol. The molecule has 4 heteroatoms. The van der Waals surface area contributed by atoms with Crippen molar-refractivity contribution >= 4 is 6.09 Å². The van der Waals surface area contributed by atoms with Crippen molar-refractivity contribution < 1.29 is 14.6 Å². The van der Waals surface area contributed by atoms with E-state index in [-0.39, 0.29) is 11.8 Å². The van der Waals surface area contributed by atoms with Crippen molar-refractivity contribution in [2.45, 2.75) is 13.0 Å². The smallest absolute Gasteiger partial charge is 0.409 e. The summed E-state index contributed by atoms with van der Waals surface area (Å²) in [5.74, 6) is 0.237. The summed E-state index contributed by atoms with van der Waals surface area (Å²) in [6.45, 7) is 1.18. The molecule has 0 radical (unpaired) electrons. The predicted octanol–water partition coefficient (Wildman–Crippen LogP) is 1.52. The zero-order chi connectivity index (χ0) is 10.8. The molecule has 4 nitrogen and oxygen atoms in total. The van der Waals surface area contributed by atoms with Crippen molar-refractivity contribution in [3.05, 3.63) is 29.3 Å². The summed E-state index contributed by atoms with van der Waals surface area (Å²) in [5, 5.41) is 9.34. The van der Waals surface area contributed by atoms with Gasteiger partial charge in [-0.3, -0.25) is 0 Å². The molecule has 15 heavy (non-hydrogen) atoms. The summed E-state index contributed by atoms with van der Waals surface area (Å²) in [7, 11) is 1.38. The molecule has 1 aliphatic heterocycles. The fraction of sp³-hybridized carbons (Fsp3) is 0.364. The van der Waals surface area contributed by atoms with E-state index in [0.717, 1.165) is 12.0 Å². The first-order valence-electron chi connectivity index (χ1n) is 4.84. The minimum absolute atomic E-state index is 0.237. The van der Waals surface area contributed by atoms with Crippen molar-refractivity contribution in [3.63, 3.8) is 0 Å². The lowest BCUT2D eigenvalue weighted by molar-refractivity contribution is 0.118. The van der Waals surface area contributed by atoms with Gasteiger partial charge in [0.1, 0.15) is 5.75 Å². The third kappa shape index (κ3) is 1.88. The average Bonchev–Trinajstić information content (AvgIpc) is 2.27. The third-order valence-electron chi connectivity index (χ3n) is 2.63. The highest BCUT2D eigenvalue weighted by Crippen LogP contribution is 2.23. The van der Waals surface area contributed by atoms with Crippen LogP contribution in [-0.4, -0.2) is 29.8 Å². The SMILES string of the molecule is COC(=O)N1CCc2ccc(O)cc2C1. The van der Waals surface area contributed by atoms with E-state index in [4.69, 9.17) is 0 Å². The van der Waals surface area contributed by atoms with Crippen LogP contribution in [0.15, 0.2) is 18.2 Å². The van der Waals surface area contributed by atoms with Gasteiger partial charge in [0, 0.05) is 13.1 Å². The third-order valence-corrected chi connectivity index (χ3v) is 2.63. The molecule has 1 aromatic rings. The van der Waals surface area contributed by atoms with Crippen molar-refractivity contribution in [1.29, 1.82) is 0 Å². The van der Waals surface area contributed by atoms with Gasteiger partial charge >= 0.3 is 6.09 Å². The summed E-state index contributed by atoms with van der Waals surface area (Å²) in [6, 6.07) is 5.27. The molecule has 0 aromatic heterocycles. The largest absolute Gasteiger partial charge is 0.508 e. The number of amides is 1. The first-order chi connectivity index (χ1) is 7.20. The highest BCUT2D eigenvalue weighted by molar-refractivity contribution is 5.68. The van der Waals surface area contributed by atoms with Crippen LogP contribution in [0.1, 0.15) is 11.1 Å². The van der Waals surface area contributed by atoms with Crippen molar-refractivity contribution in [2.24, 2.45) is 0 Å². The van der Waals surface area contributed by atoms with Gasteiger partial charge in [-0.1, -0.05) is 6.07 Å². The molecule has 1 amide bonds. The molecule has 2 rings (SSSR count). The number of rotatable bonds is 0. The van der Waals surface area contributed by atoms with Gasteiger partial charge in [-0.15, -0.1) is 0 Å². The van der Waals surface area contributed by atoms with Gasteiger partial charge in [0.15, 0.2) is 0 Å². The summed E-state index contributed by atoms with van der Waals surface area (Å²) >= 11 is 0. The lowest BCUT2D eigenvalue weighted by atomic mass is 10.00. The van der Waals surface area contributed by atoms with Crippen LogP contribution in [0.5, 0.6) is 5.75 Å². The first-order valence-corrected chi connectivity index (χ1v) is 4.84. The maximum atomic E-state index is 11.3.